The molecule has 6 nitrogen and oxygen atoms in total. The molecule has 0 aromatic carbocycles. The summed E-state index contributed by atoms with van der Waals surface area (Å²) in [4.78, 5) is 10.3. The van der Waals surface area contributed by atoms with Crippen molar-refractivity contribution < 1.29 is 26.9 Å². The largest absolute Gasteiger partial charge is 0.509 e. The molecular weight excluding hydrogens is 188 g/mol. The average Bonchev–Trinajstić information content (AvgIpc) is 2.00. The summed E-state index contributed by atoms with van der Waals surface area (Å²) in [6.45, 7) is 3.02. The number of hydrogen-bond acceptors (Lipinski definition) is 6. The van der Waals surface area contributed by atoms with E-state index in [1.807, 2.05) is 0 Å². The lowest BCUT2D eigenvalue weighted by atomic mass is 11.2. The molecule has 0 aliphatic rings. The normalized spacial score (nSPS) is 10.1. The highest BCUT2D eigenvalue weighted by atomic mass is 32.2. The Bertz CT molecular complexity index is 253. The van der Waals surface area contributed by atoms with Crippen LogP contribution < -0.4 is 0 Å². The molecular formula is C5H8O6S. The average molecular weight is 196 g/mol. The van der Waals surface area contributed by atoms with E-state index in [1.165, 1.54) is 0 Å². The maximum Gasteiger partial charge on any atom is 0.509 e. The Morgan fingerprint density at radius 2 is 2.17 bits per heavy atom. The summed E-state index contributed by atoms with van der Waals surface area (Å²) >= 11 is 0. The van der Waals surface area contributed by atoms with Crippen LogP contribution in [0.2, 0.25) is 0 Å². The smallest absolute Gasteiger partial charge is 0.438 e. The highest BCUT2D eigenvalue weighted by Gasteiger charge is 2.13. The fourth-order valence-corrected chi connectivity index (χ4v) is 0.814. The molecule has 0 fully saturated rings. The third kappa shape index (κ3) is 4.56. The van der Waals surface area contributed by atoms with Crippen molar-refractivity contribution in [2.24, 2.45) is 0 Å². The van der Waals surface area contributed by atoms with E-state index < -0.39 is 22.2 Å². The van der Waals surface area contributed by atoms with Crippen LogP contribution in [-0.4, -0.2) is 27.6 Å². The number of ether oxygens (including phenoxy) is 2. The van der Waals surface area contributed by atoms with Gasteiger partial charge in [0.05, 0.1) is 13.4 Å². The fraction of sp³-hybridized carbons (Fsp3) is 0.400. The van der Waals surface area contributed by atoms with Crippen LogP contribution in [0.3, 0.4) is 0 Å². The number of methoxy groups -OCH3 is 1. The Balaban J connectivity index is 3.92. The van der Waals surface area contributed by atoms with Crippen molar-refractivity contribution in [1.82, 2.24) is 0 Å². The third-order valence-electron chi connectivity index (χ3n) is 0.702. The minimum absolute atomic E-state index is 0.718. The molecule has 0 aliphatic heterocycles. The minimum atomic E-state index is -3.88. The lowest BCUT2D eigenvalue weighted by Gasteiger charge is -2.02. The molecule has 0 aromatic heterocycles. The van der Waals surface area contributed by atoms with Gasteiger partial charge in [-0.1, -0.05) is 6.58 Å². The van der Waals surface area contributed by atoms with Crippen LogP contribution in [0, 0.1) is 0 Å². The molecule has 0 aromatic rings. The minimum Gasteiger partial charge on any atom is -0.438 e. The predicted molar refractivity (Wildman–Crippen MR) is 38.6 cm³/mol. The first kappa shape index (κ1) is 10.8. The van der Waals surface area contributed by atoms with Crippen molar-refractivity contribution in [2.75, 3.05) is 13.0 Å². The van der Waals surface area contributed by atoms with E-state index >= 15 is 0 Å². The van der Waals surface area contributed by atoms with Crippen molar-refractivity contribution in [2.45, 2.75) is 0 Å². The SMILES string of the molecule is C=COS(=O)(=O)COC(=O)OC. The Labute approximate surface area is 69.8 Å². The van der Waals surface area contributed by atoms with E-state index in [9.17, 15) is 13.2 Å². The summed E-state index contributed by atoms with van der Waals surface area (Å²) < 4.78 is 33.4. The third-order valence-corrected chi connectivity index (χ3v) is 1.54. The molecule has 0 heterocycles. The summed E-state index contributed by atoms with van der Waals surface area (Å²) in [5, 5.41) is 0. The van der Waals surface area contributed by atoms with Gasteiger partial charge in [0.15, 0.2) is 0 Å². The maximum atomic E-state index is 10.6. The van der Waals surface area contributed by atoms with Crippen molar-refractivity contribution in [3.8, 4) is 0 Å². The second-order valence-electron chi connectivity index (χ2n) is 1.54. The van der Waals surface area contributed by atoms with Crippen LogP contribution in [0.5, 0.6) is 0 Å². The van der Waals surface area contributed by atoms with Gasteiger partial charge < -0.3 is 13.7 Å². The predicted octanol–water partition coefficient (Wildman–Crippen LogP) is 0.217. The number of hydrogen-bond donors (Lipinski definition) is 0. The zero-order valence-electron chi connectivity index (χ0n) is 6.35. The second-order valence-corrected chi connectivity index (χ2v) is 3.08. The van der Waals surface area contributed by atoms with Gasteiger partial charge in [0, 0.05) is 0 Å². The summed E-state index contributed by atoms with van der Waals surface area (Å²) in [7, 11) is -2.82. The molecule has 0 radical (unpaired) electrons. The first-order valence-electron chi connectivity index (χ1n) is 2.74. The van der Waals surface area contributed by atoms with Crippen LogP contribution in [0.15, 0.2) is 12.8 Å². The van der Waals surface area contributed by atoms with Crippen LogP contribution in [0.25, 0.3) is 0 Å². The highest BCUT2D eigenvalue weighted by molar-refractivity contribution is 7.86. The standard InChI is InChI=1S/C5H8O6S/c1-3-11-12(7,8)4-10-5(6)9-2/h3H,1,4H2,2H3. The highest BCUT2D eigenvalue weighted by Crippen LogP contribution is 1.95. The zero-order chi connectivity index (χ0) is 9.61. The van der Waals surface area contributed by atoms with Gasteiger partial charge in [0.1, 0.15) is 0 Å². The lowest BCUT2D eigenvalue weighted by molar-refractivity contribution is 0.0847. The summed E-state index contributed by atoms with van der Waals surface area (Å²) in [6.07, 6.45) is -0.373. The number of rotatable bonds is 4. The van der Waals surface area contributed by atoms with E-state index in [0.717, 1.165) is 13.4 Å². The molecule has 7 heteroatoms. The van der Waals surface area contributed by atoms with Gasteiger partial charge in [0.25, 0.3) is 0 Å². The summed E-state index contributed by atoms with van der Waals surface area (Å²) in [6, 6.07) is 0. The van der Waals surface area contributed by atoms with Crippen molar-refractivity contribution in [3.63, 3.8) is 0 Å². The van der Waals surface area contributed by atoms with Gasteiger partial charge in [-0.05, 0) is 0 Å². The van der Waals surface area contributed by atoms with Crippen molar-refractivity contribution in [3.05, 3.63) is 12.8 Å². The Hall–Kier alpha value is -1.24. The summed E-state index contributed by atoms with van der Waals surface area (Å²) in [5.41, 5.74) is 0. The van der Waals surface area contributed by atoms with Crippen LogP contribution >= 0.6 is 0 Å². The van der Waals surface area contributed by atoms with Crippen LogP contribution in [0.4, 0.5) is 4.79 Å². The Morgan fingerprint density at radius 3 is 2.58 bits per heavy atom. The first-order valence-corrected chi connectivity index (χ1v) is 4.32. The molecule has 0 bridgehead atoms. The van der Waals surface area contributed by atoms with Gasteiger partial charge in [-0.3, -0.25) is 0 Å². The zero-order valence-corrected chi connectivity index (χ0v) is 7.17. The van der Waals surface area contributed by atoms with E-state index in [4.69, 9.17) is 0 Å². The van der Waals surface area contributed by atoms with Crippen molar-refractivity contribution >= 4 is 16.3 Å². The van der Waals surface area contributed by atoms with Gasteiger partial charge in [0.2, 0.25) is 5.94 Å². The molecule has 0 aliphatic carbocycles. The van der Waals surface area contributed by atoms with Crippen LogP contribution in [0.1, 0.15) is 0 Å². The molecule has 0 amide bonds. The topological polar surface area (TPSA) is 78.9 Å². The first-order chi connectivity index (χ1) is 5.52. The summed E-state index contributed by atoms with van der Waals surface area (Å²) in [5.74, 6) is -0.897. The van der Waals surface area contributed by atoms with Gasteiger partial charge in [-0.25, -0.2) is 4.79 Å². The van der Waals surface area contributed by atoms with E-state index in [1.54, 1.807) is 0 Å². The lowest BCUT2D eigenvalue weighted by Crippen LogP contribution is -2.14. The number of carbonyl (C=O) groups is 1. The van der Waals surface area contributed by atoms with Crippen LogP contribution in [-0.2, 0) is 23.8 Å². The van der Waals surface area contributed by atoms with Crippen molar-refractivity contribution in [1.29, 1.82) is 0 Å². The molecule has 0 atom stereocenters. The molecule has 0 unspecified atom stereocenters. The number of carbonyl (C=O) groups excluding carboxylic acids is 1. The maximum absolute atomic E-state index is 10.6. The molecule has 0 rings (SSSR count). The van der Waals surface area contributed by atoms with E-state index in [0.29, 0.717) is 0 Å². The van der Waals surface area contributed by atoms with E-state index in [-0.39, 0.29) is 0 Å². The van der Waals surface area contributed by atoms with E-state index in [2.05, 4.69) is 20.2 Å². The van der Waals surface area contributed by atoms with Gasteiger partial charge >= 0.3 is 16.3 Å². The second kappa shape index (κ2) is 4.60. The molecule has 0 N–H and O–H groups in total. The molecule has 0 saturated carbocycles. The van der Waals surface area contributed by atoms with Gasteiger partial charge in [-0.2, -0.15) is 8.42 Å². The molecule has 12 heavy (non-hydrogen) atoms. The monoisotopic (exact) mass is 196 g/mol. The van der Waals surface area contributed by atoms with Gasteiger partial charge in [-0.15, -0.1) is 0 Å². The fourth-order valence-electron chi connectivity index (χ4n) is 0.311. The quantitative estimate of drug-likeness (QED) is 0.363. The molecule has 0 saturated heterocycles. The molecule has 0 spiro atoms. The Kier molecular flexibility index (Phi) is 4.12. The Morgan fingerprint density at radius 1 is 1.58 bits per heavy atom. The molecule has 70 valence electrons.